The van der Waals surface area contributed by atoms with Crippen molar-refractivity contribution in [1.82, 2.24) is 4.90 Å². The third-order valence-corrected chi connectivity index (χ3v) is 4.83. The number of likely N-dealkylation sites (tertiary alicyclic amines) is 1. The highest BCUT2D eigenvalue weighted by molar-refractivity contribution is 8.00. The number of thioether (sulfide) groups is 1. The van der Waals surface area contributed by atoms with E-state index in [2.05, 4.69) is 18.7 Å². The van der Waals surface area contributed by atoms with Crippen LogP contribution in [-0.2, 0) is 4.79 Å². The van der Waals surface area contributed by atoms with Gasteiger partial charge in [0, 0.05) is 22.7 Å². The molecule has 2 unspecified atom stereocenters. The zero-order valence-corrected chi connectivity index (χ0v) is 12.5. The number of piperidine rings is 1. The van der Waals surface area contributed by atoms with Crippen molar-refractivity contribution in [1.29, 1.82) is 0 Å². The summed E-state index contributed by atoms with van der Waals surface area (Å²) in [6, 6.07) is 8.44. The van der Waals surface area contributed by atoms with Gasteiger partial charge in [0.25, 0.3) is 0 Å². The molecule has 1 aliphatic rings. The van der Waals surface area contributed by atoms with E-state index in [1.165, 1.54) is 18.2 Å². The fourth-order valence-electron chi connectivity index (χ4n) is 2.74. The number of nitrogens with zero attached hydrogens (tertiary/aromatic N) is 1. The fourth-order valence-corrected chi connectivity index (χ4v) is 3.58. The third kappa shape index (κ3) is 3.44. The minimum absolute atomic E-state index is 0.230. The van der Waals surface area contributed by atoms with Gasteiger partial charge in [0.05, 0.1) is 5.75 Å². The molecule has 19 heavy (non-hydrogen) atoms. The molecule has 1 saturated heterocycles. The summed E-state index contributed by atoms with van der Waals surface area (Å²) in [6.45, 7) is 4.30. The zero-order chi connectivity index (χ0) is 13.8. The van der Waals surface area contributed by atoms with Crippen LogP contribution in [0.2, 0.25) is 0 Å². The van der Waals surface area contributed by atoms with E-state index in [1.54, 1.807) is 0 Å². The molecule has 0 aromatic heterocycles. The van der Waals surface area contributed by atoms with Gasteiger partial charge in [-0.1, -0.05) is 12.1 Å². The highest BCUT2D eigenvalue weighted by Crippen LogP contribution is 2.27. The average molecular weight is 278 g/mol. The van der Waals surface area contributed by atoms with Crippen LogP contribution in [0.4, 0.5) is 5.69 Å². The monoisotopic (exact) mass is 278 g/mol. The van der Waals surface area contributed by atoms with Gasteiger partial charge in [-0.15, -0.1) is 11.8 Å². The Bertz CT molecular complexity index is 440. The highest BCUT2D eigenvalue weighted by atomic mass is 32.2. The SMILES string of the molecule is CC1CCCC(C)N1C(=O)CSc1ccccc1N. The second-order valence-electron chi connectivity index (χ2n) is 5.26. The Labute approximate surface area is 119 Å². The van der Waals surface area contributed by atoms with E-state index in [4.69, 9.17) is 5.73 Å². The normalized spacial score (nSPS) is 23.4. The maximum absolute atomic E-state index is 12.4. The summed E-state index contributed by atoms with van der Waals surface area (Å²) in [7, 11) is 0. The topological polar surface area (TPSA) is 46.3 Å². The number of rotatable bonds is 3. The van der Waals surface area contributed by atoms with Gasteiger partial charge in [0.2, 0.25) is 5.91 Å². The van der Waals surface area contributed by atoms with Crippen LogP contribution in [-0.4, -0.2) is 28.6 Å². The van der Waals surface area contributed by atoms with Gasteiger partial charge in [-0.2, -0.15) is 0 Å². The lowest BCUT2D eigenvalue weighted by Gasteiger charge is -2.39. The molecule has 0 radical (unpaired) electrons. The van der Waals surface area contributed by atoms with Crippen molar-refractivity contribution in [2.75, 3.05) is 11.5 Å². The first-order valence-corrected chi connectivity index (χ1v) is 7.86. The summed E-state index contributed by atoms with van der Waals surface area (Å²) < 4.78 is 0. The van der Waals surface area contributed by atoms with Crippen molar-refractivity contribution in [3.8, 4) is 0 Å². The van der Waals surface area contributed by atoms with Crippen molar-refractivity contribution < 1.29 is 4.79 Å². The number of benzene rings is 1. The fraction of sp³-hybridized carbons (Fsp3) is 0.533. The summed E-state index contributed by atoms with van der Waals surface area (Å²) in [6.07, 6.45) is 3.47. The number of nitrogens with two attached hydrogens (primary N) is 1. The lowest BCUT2D eigenvalue weighted by molar-refractivity contribution is -0.134. The molecular weight excluding hydrogens is 256 g/mol. The van der Waals surface area contributed by atoms with E-state index < -0.39 is 0 Å². The molecule has 1 aliphatic heterocycles. The lowest BCUT2D eigenvalue weighted by atomic mass is 9.98. The third-order valence-electron chi connectivity index (χ3n) is 3.75. The van der Waals surface area contributed by atoms with Crippen molar-refractivity contribution in [3.63, 3.8) is 0 Å². The number of carbonyl (C=O) groups excluding carboxylic acids is 1. The van der Waals surface area contributed by atoms with Crippen LogP contribution in [0.15, 0.2) is 29.2 Å². The highest BCUT2D eigenvalue weighted by Gasteiger charge is 2.28. The number of hydrogen-bond donors (Lipinski definition) is 1. The molecule has 2 atom stereocenters. The minimum atomic E-state index is 0.230. The maximum atomic E-state index is 12.4. The van der Waals surface area contributed by atoms with Crippen LogP contribution in [0.3, 0.4) is 0 Å². The molecule has 0 saturated carbocycles. The van der Waals surface area contributed by atoms with E-state index >= 15 is 0 Å². The molecule has 3 nitrogen and oxygen atoms in total. The molecule has 1 aromatic carbocycles. The van der Waals surface area contributed by atoms with Crippen LogP contribution in [0, 0.1) is 0 Å². The van der Waals surface area contributed by atoms with Crippen molar-refractivity contribution in [2.45, 2.75) is 50.1 Å². The van der Waals surface area contributed by atoms with E-state index in [0.717, 1.165) is 23.4 Å². The second-order valence-corrected chi connectivity index (χ2v) is 6.27. The summed E-state index contributed by atoms with van der Waals surface area (Å²) >= 11 is 1.54. The molecule has 4 heteroatoms. The molecule has 0 aliphatic carbocycles. The number of carbonyl (C=O) groups is 1. The predicted octanol–water partition coefficient (Wildman–Crippen LogP) is 3.15. The minimum Gasteiger partial charge on any atom is -0.398 e. The first-order valence-electron chi connectivity index (χ1n) is 6.88. The molecule has 104 valence electrons. The Morgan fingerprint density at radius 1 is 1.32 bits per heavy atom. The lowest BCUT2D eigenvalue weighted by Crippen LogP contribution is -2.48. The number of anilines is 1. The summed E-state index contributed by atoms with van der Waals surface area (Å²) in [5.74, 6) is 0.705. The molecule has 1 aromatic rings. The number of hydrogen-bond acceptors (Lipinski definition) is 3. The summed E-state index contributed by atoms with van der Waals surface area (Å²) in [4.78, 5) is 15.4. The van der Waals surface area contributed by atoms with Crippen LogP contribution >= 0.6 is 11.8 Å². The number of amides is 1. The van der Waals surface area contributed by atoms with E-state index in [-0.39, 0.29) is 5.91 Å². The molecular formula is C15H22N2OS. The van der Waals surface area contributed by atoms with Crippen molar-refractivity contribution in [2.24, 2.45) is 0 Å². The quantitative estimate of drug-likeness (QED) is 0.682. The number of para-hydroxylation sites is 1. The van der Waals surface area contributed by atoms with Crippen molar-refractivity contribution >= 4 is 23.4 Å². The Balaban J connectivity index is 1.95. The van der Waals surface area contributed by atoms with Gasteiger partial charge in [-0.05, 0) is 45.2 Å². The molecule has 0 spiro atoms. The van der Waals surface area contributed by atoms with Gasteiger partial charge in [-0.25, -0.2) is 0 Å². The Kier molecular flexibility index (Phi) is 4.75. The Morgan fingerprint density at radius 3 is 2.58 bits per heavy atom. The molecule has 0 bridgehead atoms. The summed E-state index contributed by atoms with van der Waals surface area (Å²) in [5.41, 5.74) is 6.64. The Morgan fingerprint density at radius 2 is 1.95 bits per heavy atom. The first-order chi connectivity index (χ1) is 9.09. The van der Waals surface area contributed by atoms with Crippen LogP contribution in [0.5, 0.6) is 0 Å². The predicted molar refractivity (Wildman–Crippen MR) is 81.2 cm³/mol. The van der Waals surface area contributed by atoms with Gasteiger partial charge in [0.1, 0.15) is 0 Å². The zero-order valence-electron chi connectivity index (χ0n) is 11.6. The molecule has 2 N–H and O–H groups in total. The van der Waals surface area contributed by atoms with Crippen molar-refractivity contribution in [3.05, 3.63) is 24.3 Å². The molecule has 1 fully saturated rings. The van der Waals surface area contributed by atoms with Crippen LogP contribution in [0.25, 0.3) is 0 Å². The largest absolute Gasteiger partial charge is 0.398 e. The maximum Gasteiger partial charge on any atom is 0.233 e. The smallest absolute Gasteiger partial charge is 0.233 e. The summed E-state index contributed by atoms with van der Waals surface area (Å²) in [5, 5.41) is 0. The van der Waals surface area contributed by atoms with E-state index in [1.807, 2.05) is 24.3 Å². The van der Waals surface area contributed by atoms with Crippen LogP contribution in [0.1, 0.15) is 33.1 Å². The van der Waals surface area contributed by atoms with Gasteiger partial charge < -0.3 is 10.6 Å². The van der Waals surface area contributed by atoms with Gasteiger partial charge >= 0.3 is 0 Å². The number of nitrogen functional groups attached to an aromatic ring is 1. The second kappa shape index (κ2) is 6.33. The molecule has 2 rings (SSSR count). The van der Waals surface area contributed by atoms with E-state index in [0.29, 0.717) is 17.8 Å². The van der Waals surface area contributed by atoms with E-state index in [9.17, 15) is 4.79 Å². The standard InChI is InChI=1S/C15H22N2OS/c1-11-6-5-7-12(2)17(11)15(18)10-19-14-9-4-3-8-13(14)16/h3-4,8-9,11-12H,5-7,10,16H2,1-2H3. The molecule has 1 heterocycles. The molecule has 1 amide bonds. The first kappa shape index (κ1) is 14.3. The Hall–Kier alpha value is -1.16. The van der Waals surface area contributed by atoms with Gasteiger partial charge in [-0.3, -0.25) is 4.79 Å². The average Bonchev–Trinajstić information content (AvgIpc) is 2.37. The van der Waals surface area contributed by atoms with Gasteiger partial charge in [0.15, 0.2) is 0 Å². The van der Waals surface area contributed by atoms with Crippen LogP contribution < -0.4 is 5.73 Å².